The first-order valence-electron chi connectivity index (χ1n) is 22.8. The van der Waals surface area contributed by atoms with Gasteiger partial charge in [0.1, 0.15) is 31.1 Å². The van der Waals surface area contributed by atoms with Gasteiger partial charge in [0, 0.05) is 25.9 Å². The predicted octanol–water partition coefficient (Wildman–Crippen LogP) is -2.55. The molecule has 394 valence electrons. The second-order valence-electron chi connectivity index (χ2n) is 15.5. The Bertz CT molecular complexity index is 1500. The van der Waals surface area contributed by atoms with Crippen molar-refractivity contribution < 1.29 is 58.0 Å². The SMILES string of the molecule is CC.CC(C)C[C@H](NCN)C(=O)OCC[C@H](N)C(=O)NCN[C@@H](CC(C)C)C(=O)OCC[C@H](N)C(=O)NCN[C@@H](Cc1ccccc1)C(=O)OCC[C@H](N)C(=O)NCO.CN[C@H](C=O)CO.CS. The smallest absolute Gasteiger partial charge is 0.323 e. The largest absolute Gasteiger partial charge is 0.464 e. The second kappa shape index (κ2) is 43.9. The van der Waals surface area contributed by atoms with E-state index >= 15 is 0 Å². The number of carbonyl (C=O) groups excluding carboxylic acids is 7. The Morgan fingerprint density at radius 1 is 0.647 bits per heavy atom. The van der Waals surface area contributed by atoms with E-state index < -0.39 is 78.6 Å². The minimum atomic E-state index is -1.04. The van der Waals surface area contributed by atoms with Crippen LogP contribution in [0, 0.1) is 11.8 Å². The maximum absolute atomic E-state index is 12.9. The van der Waals surface area contributed by atoms with E-state index in [2.05, 4.69) is 49.8 Å². The number of rotatable bonds is 33. The van der Waals surface area contributed by atoms with Gasteiger partial charge in [-0.3, -0.25) is 44.7 Å². The third-order valence-corrected chi connectivity index (χ3v) is 9.15. The first kappa shape index (κ1) is 67.9. The third-order valence-electron chi connectivity index (χ3n) is 9.15. The minimum absolute atomic E-state index is 0.00222. The van der Waals surface area contributed by atoms with E-state index in [4.69, 9.17) is 47.4 Å². The van der Waals surface area contributed by atoms with Crippen LogP contribution in [0.15, 0.2) is 30.3 Å². The van der Waals surface area contributed by atoms with Crippen LogP contribution >= 0.6 is 12.6 Å². The summed E-state index contributed by atoms with van der Waals surface area (Å²) in [5.41, 5.74) is 24.1. The molecule has 1 rings (SSSR count). The standard InChI is InChI=1S/C37H66N10O10.C4H9NO2.C2H6.CH4S/c1-23(2)16-29(42-19-38)35(52)55-13-10-26(39)32(49)45-20-43-30(17-24(3)4)36(53)56-14-11-27(40)33(50)46-21-44-31(18-25-8-6-5-7-9-25)37(54)57-15-12-28(41)34(51)47-22-48;1-5-4(2-6)3-7;2*1-2/h5-9,23-24,26-31,42-44,48H,10-22,38-41H2,1-4H3,(H,45,49)(H,46,50)(H,47,51);2,4-5,7H,3H2,1H3;1-2H3;2H,1H3/t26-,27-,28-,29-,30-,31-;4-;;/m01../s1. The van der Waals surface area contributed by atoms with Crippen LogP contribution in [-0.4, -0.2) is 161 Å². The molecule has 1 aromatic carbocycles. The number of nitrogens with two attached hydrogens (primary N) is 4. The molecule has 68 heavy (non-hydrogen) atoms. The van der Waals surface area contributed by atoms with Crippen molar-refractivity contribution in [2.24, 2.45) is 34.8 Å². The van der Waals surface area contributed by atoms with Crippen LogP contribution in [0.25, 0.3) is 0 Å². The lowest BCUT2D eigenvalue weighted by atomic mass is 10.0. The van der Waals surface area contributed by atoms with Crippen molar-refractivity contribution in [1.29, 1.82) is 0 Å². The molecule has 0 aliphatic rings. The Morgan fingerprint density at radius 3 is 1.37 bits per heavy atom. The molecule has 7 atom stereocenters. The van der Waals surface area contributed by atoms with Gasteiger partial charge in [0.05, 0.1) is 63.9 Å². The fraction of sp³-hybridized carbons (Fsp3) is 0.705. The van der Waals surface area contributed by atoms with Crippen molar-refractivity contribution in [3.8, 4) is 0 Å². The van der Waals surface area contributed by atoms with Gasteiger partial charge in [-0.05, 0) is 50.0 Å². The number of amides is 3. The van der Waals surface area contributed by atoms with Crippen molar-refractivity contribution in [3.63, 3.8) is 0 Å². The molecule has 1 aromatic rings. The third kappa shape index (κ3) is 34.0. The number of carbonyl (C=O) groups is 7. The average Bonchev–Trinajstić information content (AvgIpc) is 3.32. The van der Waals surface area contributed by atoms with Crippen LogP contribution in [0.5, 0.6) is 0 Å². The molecule has 0 bridgehead atoms. The van der Waals surface area contributed by atoms with Crippen LogP contribution < -0.4 is 60.2 Å². The molecular weight excluding hydrogens is 907 g/mol. The number of esters is 3. The molecule has 0 fully saturated rings. The molecule has 0 aromatic heterocycles. The molecule has 23 nitrogen and oxygen atoms in total. The van der Waals surface area contributed by atoms with E-state index in [0.29, 0.717) is 19.1 Å². The summed E-state index contributed by atoms with van der Waals surface area (Å²) in [5, 5.41) is 35.8. The molecule has 0 spiro atoms. The zero-order chi connectivity index (χ0) is 52.5. The Morgan fingerprint density at radius 2 is 1.03 bits per heavy atom. The lowest BCUT2D eigenvalue weighted by Gasteiger charge is -2.21. The van der Waals surface area contributed by atoms with Gasteiger partial charge < -0.3 is 73.4 Å². The summed E-state index contributed by atoms with van der Waals surface area (Å²) in [4.78, 5) is 85.0. The Hall–Kier alpha value is -4.34. The van der Waals surface area contributed by atoms with E-state index in [1.165, 1.54) is 0 Å². The van der Waals surface area contributed by atoms with Gasteiger partial charge in [-0.25, -0.2) is 0 Å². The van der Waals surface area contributed by atoms with Gasteiger partial charge in [-0.15, -0.1) is 0 Å². The van der Waals surface area contributed by atoms with Gasteiger partial charge >= 0.3 is 17.9 Å². The summed E-state index contributed by atoms with van der Waals surface area (Å²) in [7, 11) is 1.62. The predicted molar refractivity (Wildman–Crippen MR) is 263 cm³/mol. The summed E-state index contributed by atoms with van der Waals surface area (Å²) < 4.78 is 16.0. The number of aldehydes is 1. The number of nitrogens with one attached hydrogen (secondary N) is 7. The fourth-order valence-electron chi connectivity index (χ4n) is 5.45. The highest BCUT2D eigenvalue weighted by Gasteiger charge is 2.25. The Labute approximate surface area is 408 Å². The lowest BCUT2D eigenvalue weighted by molar-refractivity contribution is -0.147. The number of ether oxygens (including phenoxy) is 3. The van der Waals surface area contributed by atoms with Crippen LogP contribution in [0.2, 0.25) is 0 Å². The summed E-state index contributed by atoms with van der Waals surface area (Å²) in [6.45, 7) is 10.6. The number of likely N-dealkylation sites (N-methyl/N-ethyl adjacent to an activating group) is 1. The quantitative estimate of drug-likeness (QED) is 0.0113. The van der Waals surface area contributed by atoms with Gasteiger partial charge in [-0.2, -0.15) is 12.6 Å². The van der Waals surface area contributed by atoms with E-state index in [1.807, 2.05) is 71.9 Å². The highest BCUT2D eigenvalue weighted by molar-refractivity contribution is 7.79. The molecule has 0 saturated carbocycles. The molecule has 0 unspecified atom stereocenters. The second-order valence-corrected chi connectivity index (χ2v) is 15.5. The zero-order valence-electron chi connectivity index (χ0n) is 41.3. The zero-order valence-corrected chi connectivity index (χ0v) is 42.2. The van der Waals surface area contributed by atoms with Crippen molar-refractivity contribution >= 4 is 54.5 Å². The average molecular weight is 992 g/mol. The summed E-state index contributed by atoms with van der Waals surface area (Å²) in [6, 6.07) is 3.55. The lowest BCUT2D eigenvalue weighted by Crippen LogP contribution is -2.50. The van der Waals surface area contributed by atoms with Crippen LogP contribution in [0.1, 0.15) is 79.2 Å². The Balaban J connectivity index is -0.00000345. The number of aliphatic hydroxyl groups is 2. The molecular formula is C44H85N11O12S. The molecule has 17 N–H and O–H groups in total. The first-order chi connectivity index (χ1) is 32.4. The maximum Gasteiger partial charge on any atom is 0.323 e. The molecule has 3 amide bonds. The highest BCUT2D eigenvalue weighted by atomic mass is 32.1. The first-order valence-corrected chi connectivity index (χ1v) is 23.7. The van der Waals surface area contributed by atoms with Crippen molar-refractivity contribution in [2.75, 3.05) is 66.5 Å². The highest BCUT2D eigenvalue weighted by Crippen LogP contribution is 2.09. The number of hydrogen-bond acceptors (Lipinski definition) is 21. The molecule has 0 saturated heterocycles. The summed E-state index contributed by atoms with van der Waals surface area (Å²) >= 11 is 3.53. The maximum atomic E-state index is 12.9. The van der Waals surface area contributed by atoms with E-state index in [0.717, 1.165) is 5.56 Å². The van der Waals surface area contributed by atoms with Gasteiger partial charge in [0.15, 0.2) is 0 Å². The van der Waals surface area contributed by atoms with E-state index in [-0.39, 0.29) is 90.0 Å². The number of aliphatic hydroxyl groups excluding tert-OH is 2. The van der Waals surface area contributed by atoms with Crippen LogP contribution in [-0.2, 0) is 54.2 Å². The van der Waals surface area contributed by atoms with Crippen LogP contribution in [0.4, 0.5) is 0 Å². The number of benzene rings is 1. The molecule has 0 aliphatic heterocycles. The number of hydrogen-bond donors (Lipinski definition) is 14. The summed E-state index contributed by atoms with van der Waals surface area (Å²) in [5.74, 6) is -3.00. The molecule has 0 radical (unpaired) electrons. The van der Waals surface area contributed by atoms with Gasteiger partial charge in [-0.1, -0.05) is 71.9 Å². The fourth-order valence-corrected chi connectivity index (χ4v) is 5.45. The monoisotopic (exact) mass is 992 g/mol. The molecule has 0 heterocycles. The van der Waals surface area contributed by atoms with Gasteiger partial charge in [0.2, 0.25) is 17.7 Å². The van der Waals surface area contributed by atoms with Gasteiger partial charge in [0.25, 0.3) is 0 Å². The molecule has 24 heteroatoms. The van der Waals surface area contributed by atoms with Crippen molar-refractivity contribution in [3.05, 3.63) is 35.9 Å². The molecule has 0 aliphatic carbocycles. The van der Waals surface area contributed by atoms with Crippen LogP contribution in [0.3, 0.4) is 0 Å². The van der Waals surface area contributed by atoms with Crippen molar-refractivity contribution in [2.45, 2.75) is 122 Å². The van der Waals surface area contributed by atoms with E-state index in [1.54, 1.807) is 13.3 Å². The topological polar surface area (TPSA) is 376 Å². The summed E-state index contributed by atoms with van der Waals surface area (Å²) in [6.07, 6.45) is 3.65. The number of thiol groups is 1. The van der Waals surface area contributed by atoms with Crippen molar-refractivity contribution in [1.82, 2.24) is 37.2 Å². The van der Waals surface area contributed by atoms with E-state index in [9.17, 15) is 33.6 Å². The normalized spacial score (nSPS) is 13.7. The Kier molecular flexibility index (Phi) is 43.9. The minimum Gasteiger partial charge on any atom is -0.464 e.